The summed E-state index contributed by atoms with van der Waals surface area (Å²) in [5.41, 5.74) is 1.10. The van der Waals surface area contributed by atoms with Gasteiger partial charge in [-0.15, -0.1) is 0 Å². The van der Waals surface area contributed by atoms with E-state index < -0.39 is 5.97 Å². The van der Waals surface area contributed by atoms with Crippen molar-refractivity contribution in [2.75, 3.05) is 0 Å². The fourth-order valence-electron chi connectivity index (χ4n) is 1.90. The van der Waals surface area contributed by atoms with E-state index in [2.05, 4.69) is 9.97 Å². The molecule has 0 saturated heterocycles. The number of aromatic carboxylic acids is 1. The van der Waals surface area contributed by atoms with Gasteiger partial charge in [0, 0.05) is 11.8 Å². The molecule has 104 valence electrons. The van der Waals surface area contributed by atoms with E-state index in [0.29, 0.717) is 23.5 Å². The first-order valence-corrected chi connectivity index (χ1v) is 6.32. The number of hydrogen-bond acceptors (Lipinski definition) is 3. The Morgan fingerprint density at radius 2 is 2.15 bits per heavy atom. The second-order valence-electron chi connectivity index (χ2n) is 4.97. The van der Waals surface area contributed by atoms with Crippen LogP contribution in [0.5, 0.6) is 0 Å². The summed E-state index contributed by atoms with van der Waals surface area (Å²) in [6, 6.07) is 5.93. The van der Waals surface area contributed by atoms with Gasteiger partial charge in [0.25, 0.3) is 0 Å². The van der Waals surface area contributed by atoms with Crippen LogP contribution in [-0.4, -0.2) is 21.0 Å². The molecule has 20 heavy (non-hydrogen) atoms. The van der Waals surface area contributed by atoms with E-state index in [9.17, 15) is 9.18 Å². The third kappa shape index (κ3) is 3.17. The lowest BCUT2D eigenvalue weighted by atomic mass is 10.0. The monoisotopic (exact) mass is 274 g/mol. The number of nitrogens with zero attached hydrogens (tertiary/aromatic N) is 2. The lowest BCUT2D eigenvalue weighted by molar-refractivity contribution is 0.0694. The van der Waals surface area contributed by atoms with Crippen LogP contribution in [-0.2, 0) is 6.42 Å². The average molecular weight is 274 g/mol. The fourth-order valence-corrected chi connectivity index (χ4v) is 1.90. The number of hydrogen-bond donors (Lipinski definition) is 1. The first kappa shape index (κ1) is 14.1. The van der Waals surface area contributed by atoms with E-state index >= 15 is 0 Å². The minimum absolute atomic E-state index is 0.0962. The molecule has 0 aliphatic rings. The van der Waals surface area contributed by atoms with Gasteiger partial charge in [-0.3, -0.25) is 0 Å². The van der Waals surface area contributed by atoms with Gasteiger partial charge in [-0.2, -0.15) is 0 Å². The van der Waals surface area contributed by atoms with Crippen molar-refractivity contribution in [1.29, 1.82) is 0 Å². The van der Waals surface area contributed by atoms with Crippen molar-refractivity contribution in [3.8, 4) is 11.4 Å². The Bertz CT molecular complexity index is 642. The Hall–Kier alpha value is -2.30. The SMILES string of the molecule is CC(C)Cc1nc(-c2cccc(F)c2)ncc1C(=O)O. The van der Waals surface area contributed by atoms with E-state index in [1.165, 1.54) is 18.3 Å². The number of halogens is 1. The van der Waals surface area contributed by atoms with Gasteiger partial charge in [-0.1, -0.05) is 26.0 Å². The Morgan fingerprint density at radius 1 is 1.40 bits per heavy atom. The Labute approximate surface area is 116 Å². The summed E-state index contributed by atoms with van der Waals surface area (Å²) in [7, 11) is 0. The number of aromatic nitrogens is 2. The average Bonchev–Trinajstić information content (AvgIpc) is 2.37. The highest BCUT2D eigenvalue weighted by Crippen LogP contribution is 2.19. The summed E-state index contributed by atoms with van der Waals surface area (Å²) in [4.78, 5) is 19.5. The third-order valence-electron chi connectivity index (χ3n) is 2.78. The number of carbonyl (C=O) groups is 1. The summed E-state index contributed by atoms with van der Waals surface area (Å²) in [5.74, 6) is -0.821. The molecule has 0 atom stereocenters. The largest absolute Gasteiger partial charge is 0.478 e. The van der Waals surface area contributed by atoms with Gasteiger partial charge in [0.1, 0.15) is 5.82 Å². The highest BCUT2D eigenvalue weighted by Gasteiger charge is 2.15. The standard InChI is InChI=1S/C15H15FN2O2/c1-9(2)6-13-12(15(19)20)8-17-14(18-13)10-4-3-5-11(16)7-10/h3-5,7-9H,6H2,1-2H3,(H,19,20). The summed E-state index contributed by atoms with van der Waals surface area (Å²) >= 11 is 0. The quantitative estimate of drug-likeness (QED) is 0.930. The maximum Gasteiger partial charge on any atom is 0.339 e. The Morgan fingerprint density at radius 3 is 2.75 bits per heavy atom. The molecule has 4 nitrogen and oxygen atoms in total. The molecule has 0 aliphatic heterocycles. The first-order valence-electron chi connectivity index (χ1n) is 6.32. The van der Waals surface area contributed by atoms with Crippen LogP contribution in [0.15, 0.2) is 30.5 Å². The number of carboxylic acid groups (broad SMARTS) is 1. The zero-order valence-corrected chi connectivity index (χ0v) is 11.3. The van der Waals surface area contributed by atoms with E-state index in [-0.39, 0.29) is 17.3 Å². The zero-order valence-electron chi connectivity index (χ0n) is 11.3. The molecule has 1 heterocycles. The van der Waals surface area contributed by atoms with Crippen LogP contribution in [0.1, 0.15) is 29.9 Å². The summed E-state index contributed by atoms with van der Waals surface area (Å²) in [5, 5.41) is 9.14. The van der Waals surface area contributed by atoms with Gasteiger partial charge in [0.2, 0.25) is 0 Å². The maximum absolute atomic E-state index is 13.2. The van der Waals surface area contributed by atoms with Crippen molar-refractivity contribution < 1.29 is 14.3 Å². The van der Waals surface area contributed by atoms with Crippen LogP contribution >= 0.6 is 0 Å². The van der Waals surface area contributed by atoms with Crippen molar-refractivity contribution >= 4 is 5.97 Å². The van der Waals surface area contributed by atoms with Crippen LogP contribution < -0.4 is 0 Å². The number of carboxylic acids is 1. The van der Waals surface area contributed by atoms with Crippen LogP contribution in [0.25, 0.3) is 11.4 Å². The first-order chi connectivity index (χ1) is 9.47. The van der Waals surface area contributed by atoms with Crippen LogP contribution in [0.4, 0.5) is 4.39 Å². The van der Waals surface area contributed by atoms with Gasteiger partial charge in [-0.05, 0) is 24.5 Å². The zero-order chi connectivity index (χ0) is 14.7. The minimum atomic E-state index is -1.05. The molecule has 0 fully saturated rings. The van der Waals surface area contributed by atoms with Crippen molar-refractivity contribution in [3.05, 3.63) is 47.5 Å². The molecule has 0 amide bonds. The Kier molecular flexibility index (Phi) is 4.08. The summed E-state index contributed by atoms with van der Waals surface area (Å²) < 4.78 is 13.2. The molecule has 0 saturated carbocycles. The Balaban J connectivity index is 2.48. The normalized spacial score (nSPS) is 10.8. The molecule has 1 N–H and O–H groups in total. The van der Waals surface area contributed by atoms with Crippen molar-refractivity contribution in [2.45, 2.75) is 20.3 Å². The molecule has 0 aliphatic carbocycles. The molecule has 0 spiro atoms. The molecule has 0 radical (unpaired) electrons. The van der Waals surface area contributed by atoms with Gasteiger partial charge in [0.05, 0.1) is 11.3 Å². The predicted octanol–water partition coefficient (Wildman–Crippen LogP) is 3.18. The van der Waals surface area contributed by atoms with Crippen LogP contribution in [0, 0.1) is 11.7 Å². The van der Waals surface area contributed by atoms with Crippen LogP contribution in [0.2, 0.25) is 0 Å². The molecular weight excluding hydrogens is 259 g/mol. The molecule has 1 aromatic heterocycles. The van der Waals surface area contributed by atoms with Gasteiger partial charge in [0.15, 0.2) is 5.82 Å². The van der Waals surface area contributed by atoms with E-state index in [0.717, 1.165) is 0 Å². The van der Waals surface area contributed by atoms with E-state index in [1.807, 2.05) is 13.8 Å². The molecule has 1 aromatic carbocycles. The lowest BCUT2D eigenvalue weighted by Gasteiger charge is -2.09. The molecule has 5 heteroatoms. The summed E-state index contributed by atoms with van der Waals surface area (Å²) in [6.07, 6.45) is 1.82. The second kappa shape index (κ2) is 5.77. The molecule has 0 bridgehead atoms. The lowest BCUT2D eigenvalue weighted by Crippen LogP contribution is -2.10. The molecule has 2 aromatic rings. The third-order valence-corrected chi connectivity index (χ3v) is 2.78. The predicted molar refractivity (Wildman–Crippen MR) is 72.9 cm³/mol. The smallest absolute Gasteiger partial charge is 0.339 e. The van der Waals surface area contributed by atoms with Crippen molar-refractivity contribution in [2.24, 2.45) is 5.92 Å². The van der Waals surface area contributed by atoms with Gasteiger partial charge >= 0.3 is 5.97 Å². The second-order valence-corrected chi connectivity index (χ2v) is 4.97. The van der Waals surface area contributed by atoms with E-state index in [1.54, 1.807) is 12.1 Å². The van der Waals surface area contributed by atoms with E-state index in [4.69, 9.17) is 5.11 Å². The molecular formula is C15H15FN2O2. The highest BCUT2D eigenvalue weighted by molar-refractivity contribution is 5.88. The fraction of sp³-hybridized carbons (Fsp3) is 0.267. The van der Waals surface area contributed by atoms with Gasteiger partial charge < -0.3 is 5.11 Å². The number of rotatable bonds is 4. The van der Waals surface area contributed by atoms with Gasteiger partial charge in [-0.25, -0.2) is 19.2 Å². The highest BCUT2D eigenvalue weighted by atomic mass is 19.1. The molecule has 0 unspecified atom stereocenters. The van der Waals surface area contributed by atoms with Crippen molar-refractivity contribution in [3.63, 3.8) is 0 Å². The molecule has 2 rings (SSSR count). The van der Waals surface area contributed by atoms with Crippen LogP contribution in [0.3, 0.4) is 0 Å². The summed E-state index contributed by atoms with van der Waals surface area (Å²) in [6.45, 7) is 3.96. The van der Waals surface area contributed by atoms with Crippen molar-refractivity contribution in [1.82, 2.24) is 9.97 Å². The minimum Gasteiger partial charge on any atom is -0.478 e. The number of benzene rings is 1. The maximum atomic E-state index is 13.2. The topological polar surface area (TPSA) is 63.1 Å².